The quantitative estimate of drug-likeness (QED) is 0.328. The summed E-state index contributed by atoms with van der Waals surface area (Å²) in [4.78, 5) is 36.2. The smallest absolute Gasteiger partial charge is 0.330 e. The van der Waals surface area contributed by atoms with Crippen molar-refractivity contribution in [3.05, 3.63) is 0 Å². The lowest BCUT2D eigenvalue weighted by atomic mass is 9.98. The largest absolute Gasteiger partial charge is 0.460 e. The van der Waals surface area contributed by atoms with E-state index >= 15 is 0 Å². The van der Waals surface area contributed by atoms with Crippen molar-refractivity contribution in [3.8, 4) is 0 Å². The van der Waals surface area contributed by atoms with Crippen LogP contribution in [0.3, 0.4) is 0 Å². The molecule has 2 aliphatic rings. The molecule has 1 amide bonds. The lowest BCUT2D eigenvalue weighted by Crippen LogP contribution is -2.63. The molecule has 106 valence electrons. The predicted molar refractivity (Wildman–Crippen MR) is 72.3 cm³/mol. The zero-order valence-corrected chi connectivity index (χ0v) is 13.1. The number of thioether (sulfide) groups is 1. The summed E-state index contributed by atoms with van der Waals surface area (Å²) in [6, 6.07) is -0.847. The minimum Gasteiger partial charge on any atom is -0.460 e. The molecule has 2 atom stereocenters. The van der Waals surface area contributed by atoms with E-state index in [1.807, 2.05) is 0 Å². The molecule has 9 heteroatoms. The van der Waals surface area contributed by atoms with Crippen LogP contribution < -0.4 is 0 Å². The van der Waals surface area contributed by atoms with Crippen LogP contribution in [0.1, 0.15) is 13.8 Å². The highest BCUT2D eigenvalue weighted by Crippen LogP contribution is 2.49. The van der Waals surface area contributed by atoms with Crippen molar-refractivity contribution in [2.75, 3.05) is 6.61 Å². The van der Waals surface area contributed by atoms with Gasteiger partial charge < -0.3 is 9.64 Å². The molecule has 5 nitrogen and oxygen atoms in total. The van der Waals surface area contributed by atoms with Crippen molar-refractivity contribution in [1.29, 1.82) is 0 Å². The molecular weight excluding hydrogens is 337 g/mol. The van der Waals surface area contributed by atoms with Crippen LogP contribution in [0.15, 0.2) is 0 Å². The maximum absolute atomic E-state index is 12.0. The first-order valence-electron chi connectivity index (χ1n) is 5.32. The van der Waals surface area contributed by atoms with E-state index in [2.05, 4.69) is 0 Å². The fraction of sp³-hybridized carbons (Fsp3) is 0.700. The third-order valence-corrected chi connectivity index (χ3v) is 4.70. The number of hydrogen-bond donors (Lipinski definition) is 0. The number of ketones is 1. The Kier molecular flexibility index (Phi) is 3.75. The highest BCUT2D eigenvalue weighted by atomic mass is 35.6. The number of Topliss-reactive ketones (excluding diaryl/α,β-unsaturated/α-hetero) is 1. The molecule has 0 aromatic carbocycles. The van der Waals surface area contributed by atoms with Crippen molar-refractivity contribution in [2.45, 2.75) is 33.8 Å². The molecule has 2 fully saturated rings. The molecule has 0 aromatic heterocycles. The Balaban J connectivity index is 2.12. The Labute approximate surface area is 128 Å². The minimum atomic E-state index is -1.71. The topological polar surface area (TPSA) is 63.7 Å². The van der Waals surface area contributed by atoms with Gasteiger partial charge in [-0.25, -0.2) is 4.79 Å². The Morgan fingerprint density at radius 1 is 1.42 bits per heavy atom. The molecule has 2 saturated heterocycles. The average Bonchev–Trinajstić information content (AvgIpc) is 2.53. The Hall–Kier alpha value is -0.170. The van der Waals surface area contributed by atoms with Crippen LogP contribution in [0.5, 0.6) is 0 Å². The fourth-order valence-electron chi connectivity index (χ4n) is 2.08. The summed E-state index contributed by atoms with van der Waals surface area (Å²) in [7, 11) is 0. The third kappa shape index (κ3) is 2.68. The number of alkyl halides is 3. The predicted octanol–water partition coefficient (Wildman–Crippen LogP) is 1.53. The van der Waals surface area contributed by atoms with Crippen LogP contribution in [-0.2, 0) is 19.1 Å². The van der Waals surface area contributed by atoms with Crippen LogP contribution in [0.25, 0.3) is 0 Å². The van der Waals surface area contributed by atoms with Gasteiger partial charge in [0.2, 0.25) is 3.79 Å². The van der Waals surface area contributed by atoms with Gasteiger partial charge in [-0.1, -0.05) is 34.8 Å². The van der Waals surface area contributed by atoms with Gasteiger partial charge in [0, 0.05) is 4.75 Å². The SMILES string of the molecule is CC1(C)S[C@@H]2C(=O)C(=O)N2[C@H]1C(=O)OCC(Cl)(Cl)Cl. The zero-order chi connectivity index (χ0) is 14.6. The van der Waals surface area contributed by atoms with E-state index < -0.39 is 44.2 Å². The second kappa shape index (κ2) is 4.69. The number of halogens is 3. The molecule has 0 saturated carbocycles. The van der Waals surface area contributed by atoms with Crippen molar-refractivity contribution >= 4 is 64.2 Å². The molecule has 2 heterocycles. The molecule has 0 N–H and O–H groups in total. The van der Waals surface area contributed by atoms with Gasteiger partial charge in [0.05, 0.1) is 0 Å². The average molecular weight is 347 g/mol. The van der Waals surface area contributed by atoms with Gasteiger partial charge in [0.15, 0.2) is 0 Å². The standard InChI is InChI=1S/C10H10Cl3NO4S/c1-9(2)5(8(17)18-3-10(11,12)13)14-6(16)4(15)7(14)19-9/h5,7H,3H2,1-2H3/t5-,7+/m0/s1. The summed E-state index contributed by atoms with van der Waals surface area (Å²) in [6.07, 6.45) is 0. The number of carbonyl (C=O) groups excluding carboxylic acids is 3. The van der Waals surface area contributed by atoms with Crippen LogP contribution in [0.2, 0.25) is 0 Å². The summed E-state index contributed by atoms with van der Waals surface area (Å²) in [5, 5.41) is -0.604. The van der Waals surface area contributed by atoms with Gasteiger partial charge in [-0.05, 0) is 13.8 Å². The molecule has 0 spiro atoms. The number of rotatable bonds is 2. The molecule has 0 aliphatic carbocycles. The van der Waals surface area contributed by atoms with Crippen molar-refractivity contribution in [2.24, 2.45) is 0 Å². The number of esters is 1. The normalized spacial score (nSPS) is 29.0. The number of carbonyl (C=O) groups is 3. The van der Waals surface area contributed by atoms with E-state index in [4.69, 9.17) is 39.5 Å². The van der Waals surface area contributed by atoms with Gasteiger partial charge in [-0.2, -0.15) is 0 Å². The molecule has 19 heavy (non-hydrogen) atoms. The monoisotopic (exact) mass is 345 g/mol. The minimum absolute atomic E-state index is 0.408. The molecule has 0 radical (unpaired) electrons. The van der Waals surface area contributed by atoms with Crippen molar-refractivity contribution in [3.63, 3.8) is 0 Å². The zero-order valence-electron chi connectivity index (χ0n) is 9.98. The second-order valence-corrected chi connectivity index (χ2v) is 9.03. The molecular formula is C10H10Cl3NO4S. The first-order chi connectivity index (χ1) is 8.54. The number of β-lactam (4-membered cyclic amide) rings is 1. The summed E-state index contributed by atoms with van der Waals surface area (Å²) >= 11 is 17.8. The van der Waals surface area contributed by atoms with Crippen molar-refractivity contribution in [1.82, 2.24) is 4.90 Å². The number of nitrogens with zero attached hydrogens (tertiary/aromatic N) is 1. The second-order valence-electron chi connectivity index (χ2n) is 4.78. The Morgan fingerprint density at radius 2 is 2.00 bits per heavy atom. The van der Waals surface area contributed by atoms with Crippen LogP contribution >= 0.6 is 46.6 Å². The third-order valence-electron chi connectivity index (χ3n) is 2.88. The van der Waals surface area contributed by atoms with Crippen molar-refractivity contribution < 1.29 is 19.1 Å². The highest BCUT2D eigenvalue weighted by Gasteiger charge is 2.64. The first kappa shape index (κ1) is 15.2. The van der Waals surface area contributed by atoms with E-state index in [-0.39, 0.29) is 0 Å². The van der Waals surface area contributed by atoms with Gasteiger partial charge in [0.25, 0.3) is 11.7 Å². The van der Waals surface area contributed by atoms with E-state index in [0.29, 0.717) is 0 Å². The summed E-state index contributed by atoms with van der Waals surface area (Å²) in [6.45, 7) is 3.12. The van der Waals surface area contributed by atoms with Gasteiger partial charge >= 0.3 is 5.97 Å². The van der Waals surface area contributed by atoms with Crippen LogP contribution in [-0.4, -0.2) is 49.1 Å². The maximum Gasteiger partial charge on any atom is 0.330 e. The Bertz CT molecular complexity index is 462. The lowest BCUT2D eigenvalue weighted by molar-refractivity contribution is -0.166. The lowest BCUT2D eigenvalue weighted by Gasteiger charge is -2.35. The Morgan fingerprint density at radius 3 is 2.53 bits per heavy atom. The first-order valence-corrected chi connectivity index (χ1v) is 7.34. The number of hydrogen-bond acceptors (Lipinski definition) is 5. The van der Waals surface area contributed by atoms with Gasteiger partial charge in [-0.15, -0.1) is 11.8 Å². The van der Waals surface area contributed by atoms with Crippen LogP contribution in [0, 0.1) is 0 Å². The van der Waals surface area contributed by atoms with E-state index in [1.54, 1.807) is 13.8 Å². The van der Waals surface area contributed by atoms with Crippen LogP contribution in [0.4, 0.5) is 0 Å². The van der Waals surface area contributed by atoms with E-state index in [0.717, 1.165) is 0 Å². The van der Waals surface area contributed by atoms with E-state index in [1.165, 1.54) is 16.7 Å². The molecule has 2 aliphatic heterocycles. The highest BCUT2D eigenvalue weighted by molar-refractivity contribution is 8.02. The number of ether oxygens (including phenoxy) is 1. The summed E-state index contributed by atoms with van der Waals surface area (Å²) < 4.78 is 2.57. The number of fused-ring (bicyclic) bond motifs is 1. The number of amides is 1. The summed E-state index contributed by atoms with van der Waals surface area (Å²) in [5.41, 5.74) is 0. The summed E-state index contributed by atoms with van der Waals surface area (Å²) in [5.74, 6) is -1.83. The molecule has 0 aromatic rings. The molecule has 0 bridgehead atoms. The molecule has 2 rings (SSSR count). The van der Waals surface area contributed by atoms with Gasteiger partial charge in [-0.3, -0.25) is 9.59 Å². The van der Waals surface area contributed by atoms with E-state index in [9.17, 15) is 14.4 Å². The maximum atomic E-state index is 12.0. The fourth-order valence-corrected chi connectivity index (χ4v) is 3.70. The molecule has 0 unspecified atom stereocenters. The van der Waals surface area contributed by atoms with Gasteiger partial charge in [0.1, 0.15) is 18.0 Å².